The lowest BCUT2D eigenvalue weighted by Crippen LogP contribution is -2.52. The minimum Gasteiger partial charge on any atom is -0.483 e. The molecule has 5 nitrogen and oxygen atoms in total. The number of nitrogens with one attached hydrogen (secondary N) is 1. The average molecular weight is 501 g/mol. The topological polar surface area (TPSA) is 58.6 Å². The number of hydrogen-bond donors (Lipinski definition) is 1. The van der Waals surface area contributed by atoms with Crippen molar-refractivity contribution in [1.82, 2.24) is 10.2 Å². The van der Waals surface area contributed by atoms with E-state index < -0.39 is 6.04 Å². The fourth-order valence-corrected chi connectivity index (χ4v) is 4.33. The summed E-state index contributed by atoms with van der Waals surface area (Å²) in [5.74, 6) is 0.316. The van der Waals surface area contributed by atoms with E-state index >= 15 is 0 Å². The van der Waals surface area contributed by atoms with Crippen LogP contribution in [0.2, 0.25) is 0 Å². The van der Waals surface area contributed by atoms with Gasteiger partial charge in [0.05, 0.1) is 0 Å². The molecule has 0 unspecified atom stereocenters. The molecule has 0 bridgehead atoms. The molecular formula is C32H40N2O3. The number of para-hydroxylation sites is 1. The van der Waals surface area contributed by atoms with Gasteiger partial charge >= 0.3 is 0 Å². The van der Waals surface area contributed by atoms with Crippen molar-refractivity contribution < 1.29 is 14.3 Å². The number of rotatable bonds is 11. The summed E-state index contributed by atoms with van der Waals surface area (Å²) in [5.41, 5.74) is 3.99. The molecule has 0 spiro atoms. The molecule has 1 atom stereocenters. The molecule has 0 radical (unpaired) electrons. The number of hydrogen-bond acceptors (Lipinski definition) is 3. The lowest BCUT2D eigenvalue weighted by Gasteiger charge is -2.32. The fourth-order valence-electron chi connectivity index (χ4n) is 4.33. The Hall–Kier alpha value is -3.60. The minimum absolute atomic E-state index is 0.129. The maximum Gasteiger partial charge on any atom is 0.261 e. The number of carbonyl (C=O) groups excluding carboxylic acids is 2. The highest BCUT2D eigenvalue weighted by Crippen LogP contribution is 2.31. The van der Waals surface area contributed by atoms with Crippen molar-refractivity contribution in [3.8, 4) is 5.75 Å². The third-order valence-electron chi connectivity index (χ3n) is 6.47. The Bertz CT molecular complexity index is 1170. The van der Waals surface area contributed by atoms with Crippen LogP contribution in [0, 0.1) is 6.92 Å². The van der Waals surface area contributed by atoms with E-state index in [0.717, 1.165) is 28.7 Å². The van der Waals surface area contributed by atoms with Crippen LogP contribution in [0.1, 0.15) is 56.4 Å². The summed E-state index contributed by atoms with van der Waals surface area (Å²) in [5, 5.41) is 3.02. The first-order valence-electron chi connectivity index (χ1n) is 13.1. The summed E-state index contributed by atoms with van der Waals surface area (Å²) in [7, 11) is 0. The van der Waals surface area contributed by atoms with Gasteiger partial charge in [-0.3, -0.25) is 9.59 Å². The number of amides is 2. The Balaban J connectivity index is 1.94. The van der Waals surface area contributed by atoms with Crippen molar-refractivity contribution in [2.24, 2.45) is 0 Å². The third-order valence-corrected chi connectivity index (χ3v) is 6.47. The predicted octanol–water partition coefficient (Wildman–Crippen LogP) is 5.84. The zero-order valence-corrected chi connectivity index (χ0v) is 22.8. The molecule has 0 aliphatic rings. The van der Waals surface area contributed by atoms with Gasteiger partial charge in [0.15, 0.2) is 6.61 Å². The van der Waals surface area contributed by atoms with Crippen LogP contribution >= 0.6 is 0 Å². The predicted molar refractivity (Wildman–Crippen MR) is 150 cm³/mol. The maximum absolute atomic E-state index is 13.8. The molecule has 0 aromatic heterocycles. The Morgan fingerprint density at radius 1 is 0.919 bits per heavy atom. The Labute approximate surface area is 221 Å². The summed E-state index contributed by atoms with van der Waals surface area (Å²) in [6, 6.07) is 25.0. The number of carbonyl (C=O) groups is 2. The second-order valence-electron chi connectivity index (χ2n) is 10.5. The normalized spacial score (nSPS) is 12.0. The number of benzene rings is 3. The van der Waals surface area contributed by atoms with Crippen LogP contribution in [-0.4, -0.2) is 35.9 Å². The summed E-state index contributed by atoms with van der Waals surface area (Å²) < 4.78 is 6.11. The Morgan fingerprint density at radius 2 is 1.57 bits per heavy atom. The monoisotopic (exact) mass is 500 g/mol. The standard InChI is InChI=1S/C32H40N2O3/c1-6-20-33-31(36)28(21-25-15-8-7-9-16-25)34(22-26-17-11-10-14-24(26)2)30(35)23-37-29-19-13-12-18-27(29)32(3,4)5/h7-19,28H,6,20-23H2,1-5H3,(H,33,36)/t28-/m1/s1. The summed E-state index contributed by atoms with van der Waals surface area (Å²) in [4.78, 5) is 28.9. The van der Waals surface area contributed by atoms with Crippen molar-refractivity contribution in [3.63, 3.8) is 0 Å². The second-order valence-corrected chi connectivity index (χ2v) is 10.5. The van der Waals surface area contributed by atoms with E-state index in [1.165, 1.54) is 0 Å². The molecule has 5 heteroatoms. The quantitative estimate of drug-likeness (QED) is 0.360. The van der Waals surface area contributed by atoms with Crippen molar-refractivity contribution in [3.05, 3.63) is 101 Å². The zero-order valence-electron chi connectivity index (χ0n) is 22.8. The van der Waals surface area contributed by atoms with Gasteiger partial charge in [-0.2, -0.15) is 0 Å². The Morgan fingerprint density at radius 3 is 2.24 bits per heavy atom. The van der Waals surface area contributed by atoms with E-state index in [4.69, 9.17) is 4.74 Å². The van der Waals surface area contributed by atoms with Crippen LogP contribution in [0.5, 0.6) is 5.75 Å². The lowest BCUT2D eigenvalue weighted by molar-refractivity contribution is -0.142. The molecular weight excluding hydrogens is 460 g/mol. The highest BCUT2D eigenvalue weighted by Gasteiger charge is 2.31. The van der Waals surface area contributed by atoms with Gasteiger partial charge in [0.1, 0.15) is 11.8 Å². The number of aryl methyl sites for hydroxylation is 1. The van der Waals surface area contributed by atoms with Gasteiger partial charge < -0.3 is 15.0 Å². The van der Waals surface area contributed by atoms with E-state index in [0.29, 0.717) is 25.3 Å². The van der Waals surface area contributed by atoms with Gasteiger partial charge in [-0.15, -0.1) is 0 Å². The van der Waals surface area contributed by atoms with Crippen LogP contribution in [0.25, 0.3) is 0 Å². The molecule has 0 aliphatic heterocycles. The maximum atomic E-state index is 13.8. The van der Waals surface area contributed by atoms with Crippen molar-refractivity contribution in [2.45, 2.75) is 65.5 Å². The number of ether oxygens (including phenoxy) is 1. The highest BCUT2D eigenvalue weighted by atomic mass is 16.5. The smallest absolute Gasteiger partial charge is 0.261 e. The van der Waals surface area contributed by atoms with Gasteiger partial charge in [-0.1, -0.05) is 100 Å². The van der Waals surface area contributed by atoms with Gasteiger partial charge in [0.2, 0.25) is 5.91 Å². The third kappa shape index (κ3) is 7.94. The molecule has 196 valence electrons. The SMILES string of the molecule is CCCNC(=O)[C@@H](Cc1ccccc1)N(Cc1ccccc1C)C(=O)COc1ccccc1C(C)(C)C. The Kier molecular flexibility index (Phi) is 9.90. The molecule has 3 aromatic carbocycles. The summed E-state index contributed by atoms with van der Waals surface area (Å²) in [6.45, 7) is 11.1. The summed E-state index contributed by atoms with van der Waals surface area (Å²) >= 11 is 0. The fraction of sp³-hybridized carbons (Fsp3) is 0.375. The van der Waals surface area contributed by atoms with Crippen molar-refractivity contribution in [2.75, 3.05) is 13.2 Å². The van der Waals surface area contributed by atoms with Gasteiger partial charge in [0.25, 0.3) is 5.91 Å². The zero-order chi connectivity index (χ0) is 26.8. The minimum atomic E-state index is -0.664. The van der Waals surface area contributed by atoms with E-state index in [2.05, 4.69) is 26.1 Å². The molecule has 2 amide bonds. The van der Waals surface area contributed by atoms with Crippen LogP contribution in [0.15, 0.2) is 78.9 Å². The molecule has 0 saturated heterocycles. The largest absolute Gasteiger partial charge is 0.483 e. The first kappa shape index (κ1) is 28.0. The molecule has 3 aromatic rings. The van der Waals surface area contributed by atoms with Gasteiger partial charge in [-0.25, -0.2) is 0 Å². The molecule has 3 rings (SSSR count). The van der Waals surface area contributed by atoms with Crippen LogP contribution in [0.3, 0.4) is 0 Å². The van der Waals surface area contributed by atoms with E-state index in [-0.39, 0.29) is 23.8 Å². The highest BCUT2D eigenvalue weighted by molar-refractivity contribution is 5.88. The van der Waals surface area contributed by atoms with E-state index in [9.17, 15) is 9.59 Å². The second kappa shape index (κ2) is 13.1. The lowest BCUT2D eigenvalue weighted by atomic mass is 9.86. The van der Waals surface area contributed by atoms with E-state index in [1.807, 2.05) is 92.7 Å². The molecule has 0 saturated carbocycles. The first-order valence-corrected chi connectivity index (χ1v) is 13.1. The van der Waals surface area contributed by atoms with E-state index in [1.54, 1.807) is 4.90 Å². The van der Waals surface area contributed by atoms with Crippen LogP contribution in [0.4, 0.5) is 0 Å². The van der Waals surface area contributed by atoms with Gasteiger partial charge in [0, 0.05) is 19.5 Å². The molecule has 0 aliphatic carbocycles. The van der Waals surface area contributed by atoms with Crippen LogP contribution in [-0.2, 0) is 28.0 Å². The molecule has 0 heterocycles. The van der Waals surface area contributed by atoms with Gasteiger partial charge in [-0.05, 0) is 47.1 Å². The van der Waals surface area contributed by atoms with Crippen LogP contribution < -0.4 is 10.1 Å². The summed E-state index contributed by atoms with van der Waals surface area (Å²) in [6.07, 6.45) is 1.24. The average Bonchev–Trinajstić information content (AvgIpc) is 2.89. The number of nitrogens with zero attached hydrogens (tertiary/aromatic N) is 1. The molecule has 0 fully saturated rings. The molecule has 1 N–H and O–H groups in total. The van der Waals surface area contributed by atoms with Crippen molar-refractivity contribution >= 4 is 11.8 Å². The van der Waals surface area contributed by atoms with Crippen molar-refractivity contribution in [1.29, 1.82) is 0 Å². The molecule has 37 heavy (non-hydrogen) atoms. The first-order chi connectivity index (χ1) is 17.7.